The van der Waals surface area contributed by atoms with Crippen molar-refractivity contribution in [3.8, 4) is 0 Å². The number of aromatic nitrogens is 2. The number of piperidine rings is 1. The molecule has 9 heteroatoms. The molecule has 0 bridgehead atoms. The van der Waals surface area contributed by atoms with Gasteiger partial charge in [-0.3, -0.25) is 14.4 Å². The monoisotopic (exact) mass is 453 g/mol. The molecule has 0 atom stereocenters. The molecule has 2 aromatic rings. The quantitative estimate of drug-likeness (QED) is 0.699. The molecule has 2 fully saturated rings. The van der Waals surface area contributed by atoms with Crippen molar-refractivity contribution in [2.75, 3.05) is 18.4 Å². The molecule has 2 aliphatic rings. The van der Waals surface area contributed by atoms with Gasteiger partial charge < -0.3 is 15.5 Å². The molecule has 1 aromatic heterocycles. The van der Waals surface area contributed by atoms with Gasteiger partial charge >= 0.3 is 0 Å². The van der Waals surface area contributed by atoms with Crippen molar-refractivity contribution in [2.45, 2.75) is 51.0 Å². The van der Waals surface area contributed by atoms with E-state index in [1.165, 1.54) is 36.7 Å². The summed E-state index contributed by atoms with van der Waals surface area (Å²) in [6.45, 7) is 0.958. The van der Waals surface area contributed by atoms with Crippen LogP contribution in [0.4, 0.5) is 10.2 Å². The van der Waals surface area contributed by atoms with Gasteiger partial charge in [0.2, 0.25) is 5.91 Å². The molecule has 4 rings (SSSR count). The third-order valence-electron chi connectivity index (χ3n) is 6.33. The Labute approximate surface area is 192 Å². The van der Waals surface area contributed by atoms with E-state index in [1.54, 1.807) is 4.90 Å². The van der Waals surface area contributed by atoms with Gasteiger partial charge in [0.05, 0.1) is 0 Å². The fourth-order valence-electron chi connectivity index (χ4n) is 4.51. The van der Waals surface area contributed by atoms with Crippen LogP contribution in [0.25, 0.3) is 0 Å². The second-order valence-electron chi connectivity index (χ2n) is 8.70. The number of hydrogen-bond acceptors (Lipinski definition) is 5. The highest BCUT2D eigenvalue weighted by atomic mass is 19.1. The minimum atomic E-state index is -0.400. The average molecular weight is 454 g/mol. The number of hydrogen-bond donors (Lipinski definition) is 2. The summed E-state index contributed by atoms with van der Waals surface area (Å²) in [7, 11) is 0. The summed E-state index contributed by atoms with van der Waals surface area (Å²) >= 11 is 0. The molecule has 0 radical (unpaired) electrons. The summed E-state index contributed by atoms with van der Waals surface area (Å²) in [4.78, 5) is 47.8. The topological polar surface area (TPSA) is 104 Å². The molecule has 0 unspecified atom stereocenters. The summed E-state index contributed by atoms with van der Waals surface area (Å²) in [6.07, 6.45) is 8.90. The average Bonchev–Trinajstić information content (AvgIpc) is 3.33. The summed E-state index contributed by atoms with van der Waals surface area (Å²) in [6, 6.07) is 5.36. The second kappa shape index (κ2) is 10.5. The van der Waals surface area contributed by atoms with Crippen LogP contribution in [-0.2, 0) is 4.79 Å². The Balaban J connectivity index is 1.30. The van der Waals surface area contributed by atoms with E-state index in [9.17, 15) is 18.8 Å². The molecule has 1 aromatic carbocycles. The maximum Gasteiger partial charge on any atom is 0.273 e. The molecule has 33 heavy (non-hydrogen) atoms. The lowest BCUT2D eigenvalue weighted by Gasteiger charge is -2.32. The fourth-order valence-corrected chi connectivity index (χ4v) is 4.51. The van der Waals surface area contributed by atoms with E-state index < -0.39 is 5.91 Å². The highest BCUT2D eigenvalue weighted by Crippen LogP contribution is 2.27. The van der Waals surface area contributed by atoms with Crippen molar-refractivity contribution in [1.82, 2.24) is 20.2 Å². The van der Waals surface area contributed by atoms with Crippen LogP contribution in [0, 0.1) is 11.7 Å². The molecule has 1 saturated heterocycles. The number of benzene rings is 1. The molecule has 0 spiro atoms. The molecule has 174 valence electrons. The number of anilines is 1. The first-order chi connectivity index (χ1) is 16.0. The Kier molecular flexibility index (Phi) is 7.26. The van der Waals surface area contributed by atoms with Gasteiger partial charge in [0.1, 0.15) is 5.82 Å². The fraction of sp³-hybridized carbons (Fsp3) is 0.458. The first kappa shape index (κ1) is 22.8. The molecule has 2 N–H and O–H groups in total. The minimum Gasteiger partial charge on any atom is -0.348 e. The SMILES string of the molecule is O=C(CC1CCCC1)Nc1nccnc1C(=O)NC1CCN(C(=O)c2ccc(F)cc2)CC1. The van der Waals surface area contributed by atoms with Crippen molar-refractivity contribution >= 4 is 23.5 Å². The van der Waals surface area contributed by atoms with E-state index in [2.05, 4.69) is 20.6 Å². The lowest BCUT2D eigenvalue weighted by molar-refractivity contribution is -0.117. The highest BCUT2D eigenvalue weighted by Gasteiger charge is 2.27. The van der Waals surface area contributed by atoms with E-state index in [0.717, 1.165) is 25.7 Å². The second-order valence-corrected chi connectivity index (χ2v) is 8.70. The van der Waals surface area contributed by atoms with Crippen LogP contribution >= 0.6 is 0 Å². The molecule has 1 aliphatic heterocycles. The van der Waals surface area contributed by atoms with E-state index in [-0.39, 0.29) is 35.2 Å². The zero-order valence-corrected chi connectivity index (χ0v) is 18.4. The summed E-state index contributed by atoms with van der Waals surface area (Å²) in [5.41, 5.74) is 0.526. The van der Waals surface area contributed by atoms with Crippen LogP contribution in [0.15, 0.2) is 36.7 Å². The van der Waals surface area contributed by atoms with Crippen LogP contribution in [-0.4, -0.2) is 51.7 Å². The van der Waals surface area contributed by atoms with E-state index in [4.69, 9.17) is 0 Å². The maximum atomic E-state index is 13.1. The Hall–Kier alpha value is -3.36. The van der Waals surface area contributed by atoms with Gasteiger partial charge in [-0.2, -0.15) is 0 Å². The standard InChI is InChI=1S/C24H28FN5O3/c25-18-7-5-17(6-8-18)24(33)30-13-9-19(10-14-30)28-23(32)21-22(27-12-11-26-21)29-20(31)15-16-3-1-2-4-16/h5-8,11-12,16,19H,1-4,9-10,13-15H2,(H,28,32)(H,27,29,31). The van der Waals surface area contributed by atoms with Crippen molar-refractivity contribution < 1.29 is 18.8 Å². The summed E-state index contributed by atoms with van der Waals surface area (Å²) in [5, 5.41) is 5.70. The Bertz CT molecular complexity index is 999. The van der Waals surface area contributed by atoms with Gasteiger partial charge in [-0.05, 0) is 55.9 Å². The Morgan fingerprint density at radius 2 is 1.64 bits per heavy atom. The van der Waals surface area contributed by atoms with Crippen molar-refractivity contribution in [3.63, 3.8) is 0 Å². The minimum absolute atomic E-state index is 0.0853. The van der Waals surface area contributed by atoms with Gasteiger partial charge in [-0.15, -0.1) is 0 Å². The van der Waals surface area contributed by atoms with Crippen molar-refractivity contribution in [2.24, 2.45) is 5.92 Å². The molecule has 3 amide bonds. The molecule has 8 nitrogen and oxygen atoms in total. The largest absolute Gasteiger partial charge is 0.348 e. The number of nitrogens with zero attached hydrogens (tertiary/aromatic N) is 3. The first-order valence-electron chi connectivity index (χ1n) is 11.5. The predicted octanol–water partition coefficient (Wildman–Crippen LogP) is 3.17. The number of carbonyl (C=O) groups is 3. The zero-order chi connectivity index (χ0) is 23.2. The Morgan fingerprint density at radius 1 is 0.970 bits per heavy atom. The van der Waals surface area contributed by atoms with Gasteiger partial charge in [-0.1, -0.05) is 12.8 Å². The van der Waals surface area contributed by atoms with Gasteiger partial charge in [0.25, 0.3) is 11.8 Å². The number of amides is 3. The Morgan fingerprint density at radius 3 is 2.33 bits per heavy atom. The molecular weight excluding hydrogens is 425 g/mol. The van der Waals surface area contributed by atoms with Crippen LogP contribution < -0.4 is 10.6 Å². The lowest BCUT2D eigenvalue weighted by atomic mass is 10.0. The van der Waals surface area contributed by atoms with E-state index in [1.807, 2.05) is 0 Å². The van der Waals surface area contributed by atoms with E-state index >= 15 is 0 Å². The predicted molar refractivity (Wildman–Crippen MR) is 120 cm³/mol. The highest BCUT2D eigenvalue weighted by molar-refractivity contribution is 6.01. The van der Waals surface area contributed by atoms with Crippen molar-refractivity contribution in [1.29, 1.82) is 0 Å². The van der Waals surface area contributed by atoms with E-state index in [0.29, 0.717) is 43.8 Å². The van der Waals surface area contributed by atoms with Crippen LogP contribution in [0.1, 0.15) is 65.8 Å². The van der Waals surface area contributed by atoms with Crippen LogP contribution in [0.3, 0.4) is 0 Å². The summed E-state index contributed by atoms with van der Waals surface area (Å²) < 4.78 is 13.1. The number of rotatable bonds is 6. The number of carbonyl (C=O) groups excluding carboxylic acids is 3. The zero-order valence-electron chi connectivity index (χ0n) is 18.4. The van der Waals surface area contributed by atoms with Gasteiger partial charge in [0, 0.05) is 43.5 Å². The van der Waals surface area contributed by atoms with Gasteiger partial charge in [-0.25, -0.2) is 14.4 Å². The number of likely N-dealkylation sites (tertiary alicyclic amines) is 1. The third-order valence-corrected chi connectivity index (χ3v) is 6.33. The first-order valence-corrected chi connectivity index (χ1v) is 11.5. The number of halogens is 1. The maximum absolute atomic E-state index is 13.1. The van der Waals surface area contributed by atoms with Crippen LogP contribution in [0.2, 0.25) is 0 Å². The third kappa shape index (κ3) is 5.91. The molecule has 1 aliphatic carbocycles. The summed E-state index contributed by atoms with van der Waals surface area (Å²) in [5.74, 6) is -0.526. The molecule has 2 heterocycles. The molecular formula is C24H28FN5O3. The molecule has 1 saturated carbocycles. The van der Waals surface area contributed by atoms with Crippen LogP contribution in [0.5, 0.6) is 0 Å². The van der Waals surface area contributed by atoms with Crippen molar-refractivity contribution in [3.05, 3.63) is 53.7 Å². The van der Waals surface area contributed by atoms with Gasteiger partial charge in [0.15, 0.2) is 11.5 Å². The smallest absolute Gasteiger partial charge is 0.273 e. The normalized spacial score (nSPS) is 17.1. The number of nitrogens with one attached hydrogen (secondary N) is 2. The lowest BCUT2D eigenvalue weighted by Crippen LogP contribution is -2.46.